The minimum Gasteiger partial charge on any atom is -0.402 e. The van der Waals surface area contributed by atoms with Crippen molar-refractivity contribution in [2.24, 2.45) is 0 Å². The molecule has 0 amide bonds. The van der Waals surface area contributed by atoms with Crippen LogP contribution in [0.25, 0.3) is 0 Å². The van der Waals surface area contributed by atoms with Crippen LogP contribution in [0.4, 0.5) is 36.4 Å². The number of alkyl halides is 6. The molecule has 1 rings (SSSR count). The van der Waals surface area contributed by atoms with Gasteiger partial charge in [0.2, 0.25) is 5.82 Å². The number of hydrogen-bond donors (Lipinski definition) is 0. The second-order valence-corrected chi connectivity index (χ2v) is 3.08. The fraction of sp³-hybridized carbons (Fsp3) is 0.250. The van der Waals surface area contributed by atoms with E-state index in [1.807, 2.05) is 0 Å². The van der Waals surface area contributed by atoms with Gasteiger partial charge in [-0.05, 0) is 12.1 Å². The van der Waals surface area contributed by atoms with Gasteiger partial charge in [0.25, 0.3) is 0 Å². The normalized spacial score (nSPS) is 12.4. The van der Waals surface area contributed by atoms with Crippen LogP contribution < -0.4 is 4.74 Å². The average molecular weight is 293 g/mol. The van der Waals surface area contributed by atoms with Crippen molar-refractivity contribution in [3.63, 3.8) is 0 Å². The number of ether oxygens (including phenoxy) is 1. The minimum atomic E-state index is -5.39. The molecule has 4 nitrogen and oxygen atoms in total. The maximum atomic E-state index is 13.3. The van der Waals surface area contributed by atoms with E-state index in [2.05, 4.69) is 4.74 Å². The summed E-state index contributed by atoms with van der Waals surface area (Å²) in [5.41, 5.74) is -4.14. The Morgan fingerprint density at radius 1 is 1.11 bits per heavy atom. The van der Waals surface area contributed by atoms with Crippen molar-refractivity contribution in [2.45, 2.75) is 12.5 Å². The molecule has 0 unspecified atom stereocenters. The summed E-state index contributed by atoms with van der Waals surface area (Å²) in [4.78, 5) is 8.56. The van der Waals surface area contributed by atoms with Gasteiger partial charge in [-0.3, -0.25) is 10.1 Å². The Morgan fingerprint density at radius 3 is 2.00 bits per heavy atom. The van der Waals surface area contributed by atoms with Gasteiger partial charge in [0, 0.05) is 0 Å². The van der Waals surface area contributed by atoms with Crippen LogP contribution in [-0.4, -0.2) is 11.3 Å². The van der Waals surface area contributed by atoms with Gasteiger partial charge in [0.15, 0.2) is 5.75 Å². The Balaban J connectivity index is 3.45. The standard InChI is InChI=1S/C8H2F7NO3/c9-5-4(19-8(13,14)15)2-1-3(7(10,11)12)6(5)16(17)18/h1-2H. The number of benzene rings is 1. The third-order valence-corrected chi connectivity index (χ3v) is 1.79. The molecule has 0 bridgehead atoms. The molecule has 1 aromatic carbocycles. The lowest BCUT2D eigenvalue weighted by atomic mass is 10.1. The van der Waals surface area contributed by atoms with Gasteiger partial charge in [0.1, 0.15) is 5.56 Å². The molecule has 0 fully saturated rings. The highest BCUT2D eigenvalue weighted by molar-refractivity contribution is 5.49. The van der Waals surface area contributed by atoms with Gasteiger partial charge in [-0.2, -0.15) is 17.6 Å². The zero-order valence-electron chi connectivity index (χ0n) is 8.47. The molecule has 0 atom stereocenters. The molecule has 1 aromatic rings. The van der Waals surface area contributed by atoms with E-state index in [-0.39, 0.29) is 12.1 Å². The molecule has 0 saturated heterocycles. The van der Waals surface area contributed by atoms with Crippen LogP contribution >= 0.6 is 0 Å². The summed E-state index contributed by atoms with van der Waals surface area (Å²) in [6, 6.07) is -0.0546. The molecule has 0 aliphatic rings. The fourth-order valence-electron chi connectivity index (χ4n) is 1.16. The smallest absolute Gasteiger partial charge is 0.402 e. The van der Waals surface area contributed by atoms with E-state index < -0.39 is 40.3 Å². The van der Waals surface area contributed by atoms with Gasteiger partial charge in [-0.15, -0.1) is 13.2 Å². The molecule has 0 aromatic heterocycles. The van der Waals surface area contributed by atoms with Gasteiger partial charge in [-0.25, -0.2) is 0 Å². The van der Waals surface area contributed by atoms with Crippen LogP contribution in [0.3, 0.4) is 0 Å². The molecule has 0 spiro atoms. The molecule has 0 N–H and O–H groups in total. The second kappa shape index (κ2) is 4.55. The summed E-state index contributed by atoms with van der Waals surface area (Å²) in [6.45, 7) is 0. The second-order valence-electron chi connectivity index (χ2n) is 3.08. The highest BCUT2D eigenvalue weighted by Crippen LogP contribution is 2.41. The van der Waals surface area contributed by atoms with E-state index in [0.29, 0.717) is 0 Å². The maximum absolute atomic E-state index is 13.3. The fourth-order valence-corrected chi connectivity index (χ4v) is 1.16. The van der Waals surface area contributed by atoms with Crippen LogP contribution in [0.5, 0.6) is 5.75 Å². The minimum absolute atomic E-state index is 0.0125. The van der Waals surface area contributed by atoms with Crippen molar-refractivity contribution in [1.29, 1.82) is 0 Å². The SMILES string of the molecule is O=[N+]([O-])c1c(C(F)(F)F)ccc(OC(F)(F)F)c1F. The Kier molecular flexibility index (Phi) is 3.59. The largest absolute Gasteiger partial charge is 0.573 e. The van der Waals surface area contributed by atoms with E-state index in [4.69, 9.17) is 0 Å². The van der Waals surface area contributed by atoms with Gasteiger partial charge in [-0.1, -0.05) is 0 Å². The van der Waals surface area contributed by atoms with Crippen molar-refractivity contribution in [2.75, 3.05) is 0 Å². The number of nitrogens with zero attached hydrogens (tertiary/aromatic N) is 1. The third kappa shape index (κ3) is 3.45. The first-order valence-electron chi connectivity index (χ1n) is 4.23. The van der Waals surface area contributed by atoms with Crippen molar-refractivity contribution < 1.29 is 40.4 Å². The Hall–Kier alpha value is -2.07. The molecule has 11 heteroatoms. The first-order valence-corrected chi connectivity index (χ1v) is 4.23. The molecule has 19 heavy (non-hydrogen) atoms. The number of hydrogen-bond acceptors (Lipinski definition) is 3. The Morgan fingerprint density at radius 2 is 1.63 bits per heavy atom. The highest BCUT2D eigenvalue weighted by Gasteiger charge is 2.43. The van der Waals surface area contributed by atoms with Crippen LogP contribution in [-0.2, 0) is 6.18 Å². The monoisotopic (exact) mass is 293 g/mol. The Labute approximate surface area is 99.1 Å². The number of rotatable bonds is 2. The summed E-state index contributed by atoms with van der Waals surface area (Å²) in [6.07, 6.45) is -10.7. The molecule has 0 heterocycles. The first-order chi connectivity index (χ1) is 8.43. The lowest BCUT2D eigenvalue weighted by Gasteiger charge is -2.12. The summed E-state index contributed by atoms with van der Waals surface area (Å²) >= 11 is 0. The van der Waals surface area contributed by atoms with Gasteiger partial charge >= 0.3 is 18.2 Å². The quantitative estimate of drug-likeness (QED) is 0.475. The van der Waals surface area contributed by atoms with Crippen molar-refractivity contribution in [3.05, 3.63) is 33.6 Å². The lowest BCUT2D eigenvalue weighted by Crippen LogP contribution is -2.19. The maximum Gasteiger partial charge on any atom is 0.573 e. The average Bonchev–Trinajstić information content (AvgIpc) is 2.16. The van der Waals surface area contributed by atoms with Crippen LogP contribution in [0, 0.1) is 15.9 Å². The molecule has 0 radical (unpaired) electrons. The van der Waals surface area contributed by atoms with Crippen LogP contribution in [0.2, 0.25) is 0 Å². The van der Waals surface area contributed by atoms with Crippen molar-refractivity contribution in [3.8, 4) is 5.75 Å². The first kappa shape index (κ1) is 15.0. The summed E-state index contributed by atoms with van der Waals surface area (Å²) in [5, 5.41) is 10.3. The number of nitro benzene ring substituents is 1. The topological polar surface area (TPSA) is 52.4 Å². The molecule has 0 saturated carbocycles. The zero-order valence-corrected chi connectivity index (χ0v) is 8.47. The summed E-state index contributed by atoms with van der Waals surface area (Å²) in [7, 11) is 0. The van der Waals surface area contributed by atoms with Crippen molar-refractivity contribution >= 4 is 5.69 Å². The molecular formula is C8H2F7NO3. The molecule has 0 aliphatic heterocycles. The summed E-state index contributed by atoms with van der Waals surface area (Å²) in [5.74, 6) is -4.07. The third-order valence-electron chi connectivity index (χ3n) is 1.79. The van der Waals surface area contributed by atoms with E-state index in [0.717, 1.165) is 0 Å². The van der Waals surface area contributed by atoms with E-state index >= 15 is 0 Å². The molecular weight excluding hydrogens is 291 g/mol. The van der Waals surface area contributed by atoms with E-state index in [9.17, 15) is 40.8 Å². The Bertz CT molecular complexity index is 508. The van der Waals surface area contributed by atoms with Crippen LogP contribution in [0.1, 0.15) is 5.56 Å². The predicted molar refractivity (Wildman–Crippen MR) is 44.7 cm³/mol. The zero-order chi connectivity index (χ0) is 15.0. The molecule has 0 aliphatic carbocycles. The molecule has 106 valence electrons. The highest BCUT2D eigenvalue weighted by atomic mass is 19.4. The van der Waals surface area contributed by atoms with Crippen molar-refractivity contribution in [1.82, 2.24) is 0 Å². The van der Waals surface area contributed by atoms with E-state index in [1.54, 1.807) is 0 Å². The lowest BCUT2D eigenvalue weighted by molar-refractivity contribution is -0.391. The predicted octanol–water partition coefficient (Wildman–Crippen LogP) is 3.65. The number of nitro groups is 1. The van der Waals surface area contributed by atoms with Gasteiger partial charge in [0.05, 0.1) is 4.92 Å². The van der Waals surface area contributed by atoms with Gasteiger partial charge < -0.3 is 4.74 Å². The number of halogens is 7. The summed E-state index contributed by atoms with van der Waals surface area (Å²) < 4.78 is 88.7. The van der Waals surface area contributed by atoms with E-state index in [1.165, 1.54) is 0 Å². The van der Waals surface area contributed by atoms with Crippen LogP contribution in [0.15, 0.2) is 12.1 Å².